The molecule has 1 aromatic heterocycles. The van der Waals surface area contributed by atoms with Crippen LogP contribution in [0.2, 0.25) is 0 Å². The Hall–Kier alpha value is -1.69. The van der Waals surface area contributed by atoms with E-state index in [-0.39, 0.29) is 11.6 Å². The molecule has 1 fully saturated rings. The lowest BCUT2D eigenvalue weighted by Crippen LogP contribution is -2.49. The fourth-order valence-electron chi connectivity index (χ4n) is 2.26. The number of ether oxygens (including phenoxy) is 1. The molecule has 0 bridgehead atoms. The normalized spacial score (nSPS) is 19.8. The molecule has 1 aliphatic rings. The summed E-state index contributed by atoms with van der Waals surface area (Å²) in [4.78, 5) is 13.8. The minimum absolute atomic E-state index is 0.242. The molecule has 0 spiro atoms. The predicted octanol–water partition coefficient (Wildman–Crippen LogP) is 2.04. The molecule has 1 atom stereocenters. The van der Waals surface area contributed by atoms with E-state index in [1.807, 2.05) is 20.8 Å². The topological polar surface area (TPSA) is 81.3 Å². The van der Waals surface area contributed by atoms with E-state index in [1.165, 1.54) is 6.20 Å². The first kappa shape index (κ1) is 14.7. The average Bonchev–Trinajstić information content (AvgIpc) is 2.38. The lowest BCUT2D eigenvalue weighted by atomic mass is 9.91. The molecule has 1 saturated heterocycles. The van der Waals surface area contributed by atoms with Crippen LogP contribution in [0.15, 0.2) is 12.3 Å². The fraction of sp³-hybridized carbons (Fsp3) is 0.643. The second-order valence-corrected chi connectivity index (χ2v) is 6.12. The van der Waals surface area contributed by atoms with E-state index in [1.54, 1.807) is 11.0 Å². The molecule has 2 N–H and O–H groups in total. The van der Waals surface area contributed by atoms with Crippen LogP contribution in [0.4, 0.5) is 4.79 Å². The van der Waals surface area contributed by atoms with Gasteiger partial charge in [0.15, 0.2) is 5.75 Å². The second-order valence-electron chi connectivity index (χ2n) is 6.12. The number of carbonyl (C=O) groups excluding carboxylic acids is 1. The number of piperidine rings is 1. The van der Waals surface area contributed by atoms with Gasteiger partial charge in [0.05, 0.1) is 12.4 Å². The van der Waals surface area contributed by atoms with Crippen molar-refractivity contribution in [2.24, 2.45) is 5.73 Å². The molecular formula is C14H22N4O2. The van der Waals surface area contributed by atoms with Crippen molar-refractivity contribution in [1.29, 1.82) is 0 Å². The quantitative estimate of drug-likeness (QED) is 0.850. The molecule has 1 unspecified atom stereocenters. The zero-order chi connectivity index (χ0) is 14.8. The monoisotopic (exact) mass is 278 g/mol. The molecule has 110 valence electrons. The zero-order valence-electron chi connectivity index (χ0n) is 12.3. The SMILES string of the molecule is CC(C)(C)c1nnccc1OC(=O)N1CCCCC1N. The Kier molecular flexibility index (Phi) is 4.23. The van der Waals surface area contributed by atoms with Crippen LogP contribution >= 0.6 is 0 Å². The molecule has 0 radical (unpaired) electrons. The summed E-state index contributed by atoms with van der Waals surface area (Å²) in [6.45, 7) is 6.65. The third-order valence-electron chi connectivity index (χ3n) is 3.38. The van der Waals surface area contributed by atoms with Gasteiger partial charge in [0.2, 0.25) is 0 Å². The van der Waals surface area contributed by atoms with E-state index in [9.17, 15) is 4.79 Å². The first-order chi connectivity index (χ1) is 9.39. The lowest BCUT2D eigenvalue weighted by Gasteiger charge is -2.32. The highest BCUT2D eigenvalue weighted by molar-refractivity contribution is 5.71. The van der Waals surface area contributed by atoms with Gasteiger partial charge < -0.3 is 10.5 Å². The van der Waals surface area contributed by atoms with E-state index in [0.29, 0.717) is 18.0 Å². The lowest BCUT2D eigenvalue weighted by molar-refractivity contribution is 0.114. The maximum absolute atomic E-state index is 12.2. The van der Waals surface area contributed by atoms with Crippen LogP contribution in [-0.4, -0.2) is 33.9 Å². The van der Waals surface area contributed by atoms with Gasteiger partial charge in [-0.15, -0.1) is 0 Å². The summed E-state index contributed by atoms with van der Waals surface area (Å²) in [6, 6.07) is 1.67. The number of hydrogen-bond donors (Lipinski definition) is 1. The van der Waals surface area contributed by atoms with Gasteiger partial charge in [-0.05, 0) is 19.3 Å². The van der Waals surface area contributed by atoms with Crippen molar-refractivity contribution in [3.05, 3.63) is 18.0 Å². The van der Waals surface area contributed by atoms with Gasteiger partial charge in [0.1, 0.15) is 5.69 Å². The molecule has 20 heavy (non-hydrogen) atoms. The number of hydrogen-bond acceptors (Lipinski definition) is 5. The maximum Gasteiger partial charge on any atom is 0.416 e. The van der Waals surface area contributed by atoms with Crippen LogP contribution in [0.25, 0.3) is 0 Å². The molecule has 1 aliphatic heterocycles. The Balaban J connectivity index is 2.16. The summed E-state index contributed by atoms with van der Waals surface area (Å²) in [5.41, 5.74) is 6.38. The summed E-state index contributed by atoms with van der Waals surface area (Å²) in [5, 5.41) is 7.96. The van der Waals surface area contributed by atoms with Crippen molar-refractivity contribution in [2.75, 3.05) is 6.54 Å². The molecule has 0 aromatic carbocycles. The summed E-state index contributed by atoms with van der Waals surface area (Å²) in [6.07, 6.45) is 3.68. The van der Waals surface area contributed by atoms with Gasteiger partial charge >= 0.3 is 6.09 Å². The Morgan fingerprint density at radius 3 is 2.85 bits per heavy atom. The van der Waals surface area contributed by atoms with Crippen molar-refractivity contribution in [3.8, 4) is 5.75 Å². The van der Waals surface area contributed by atoms with Gasteiger partial charge in [0, 0.05) is 18.0 Å². The van der Waals surface area contributed by atoms with Crippen molar-refractivity contribution >= 4 is 6.09 Å². The summed E-state index contributed by atoms with van der Waals surface area (Å²) in [5.74, 6) is 0.454. The summed E-state index contributed by atoms with van der Waals surface area (Å²) < 4.78 is 5.49. The van der Waals surface area contributed by atoms with Crippen molar-refractivity contribution in [1.82, 2.24) is 15.1 Å². The standard InChI is InChI=1S/C14H22N4O2/c1-14(2,3)12-10(7-8-16-17-12)20-13(19)18-9-5-4-6-11(18)15/h7-8,11H,4-6,9,15H2,1-3H3. The van der Waals surface area contributed by atoms with Crippen LogP contribution in [0.3, 0.4) is 0 Å². The van der Waals surface area contributed by atoms with Crippen LogP contribution < -0.4 is 10.5 Å². The number of carbonyl (C=O) groups is 1. The molecule has 2 rings (SSSR count). The average molecular weight is 278 g/mol. The van der Waals surface area contributed by atoms with Crippen LogP contribution in [0.5, 0.6) is 5.75 Å². The van der Waals surface area contributed by atoms with Crippen molar-refractivity contribution in [3.63, 3.8) is 0 Å². The Morgan fingerprint density at radius 1 is 1.45 bits per heavy atom. The molecule has 1 amide bonds. The van der Waals surface area contributed by atoms with E-state index in [2.05, 4.69) is 10.2 Å². The van der Waals surface area contributed by atoms with Gasteiger partial charge in [-0.1, -0.05) is 20.8 Å². The van der Waals surface area contributed by atoms with Crippen LogP contribution in [-0.2, 0) is 5.41 Å². The molecule has 0 aliphatic carbocycles. The molecule has 6 heteroatoms. The van der Waals surface area contributed by atoms with Gasteiger partial charge in [0.25, 0.3) is 0 Å². The molecule has 2 heterocycles. The third kappa shape index (κ3) is 3.25. The molecule has 1 aromatic rings. The first-order valence-electron chi connectivity index (χ1n) is 6.96. The molecule has 0 saturated carbocycles. The van der Waals surface area contributed by atoms with E-state index < -0.39 is 6.09 Å². The highest BCUT2D eigenvalue weighted by atomic mass is 16.6. The maximum atomic E-state index is 12.2. The van der Waals surface area contributed by atoms with E-state index in [4.69, 9.17) is 10.5 Å². The highest BCUT2D eigenvalue weighted by Crippen LogP contribution is 2.29. The predicted molar refractivity (Wildman–Crippen MR) is 75.3 cm³/mol. The number of rotatable bonds is 1. The smallest absolute Gasteiger partial charge is 0.408 e. The largest absolute Gasteiger partial charge is 0.416 e. The number of aromatic nitrogens is 2. The zero-order valence-corrected chi connectivity index (χ0v) is 12.3. The number of amides is 1. The highest BCUT2D eigenvalue weighted by Gasteiger charge is 2.28. The van der Waals surface area contributed by atoms with Gasteiger partial charge in [-0.25, -0.2) is 4.79 Å². The Labute approximate surface area is 119 Å². The first-order valence-corrected chi connectivity index (χ1v) is 6.96. The number of nitrogens with zero attached hydrogens (tertiary/aromatic N) is 3. The molecule has 6 nitrogen and oxygen atoms in total. The third-order valence-corrected chi connectivity index (χ3v) is 3.38. The van der Waals surface area contributed by atoms with E-state index in [0.717, 1.165) is 19.3 Å². The number of nitrogens with two attached hydrogens (primary N) is 1. The Bertz CT molecular complexity index is 484. The van der Waals surface area contributed by atoms with Gasteiger partial charge in [-0.2, -0.15) is 10.2 Å². The minimum Gasteiger partial charge on any atom is -0.408 e. The van der Waals surface area contributed by atoms with Crippen LogP contribution in [0.1, 0.15) is 45.7 Å². The van der Waals surface area contributed by atoms with Gasteiger partial charge in [-0.3, -0.25) is 4.90 Å². The van der Waals surface area contributed by atoms with E-state index >= 15 is 0 Å². The van der Waals surface area contributed by atoms with Crippen molar-refractivity contribution in [2.45, 2.75) is 51.6 Å². The summed E-state index contributed by atoms with van der Waals surface area (Å²) >= 11 is 0. The van der Waals surface area contributed by atoms with Crippen molar-refractivity contribution < 1.29 is 9.53 Å². The second kappa shape index (κ2) is 5.75. The molecular weight excluding hydrogens is 256 g/mol. The van der Waals surface area contributed by atoms with Crippen LogP contribution in [0, 0.1) is 0 Å². The Morgan fingerprint density at radius 2 is 2.20 bits per heavy atom. The number of likely N-dealkylation sites (tertiary alicyclic amines) is 1. The summed E-state index contributed by atoms with van der Waals surface area (Å²) in [7, 11) is 0. The fourth-order valence-corrected chi connectivity index (χ4v) is 2.26. The minimum atomic E-state index is -0.407.